The topological polar surface area (TPSA) is 75.7 Å². The second kappa shape index (κ2) is 8.18. The van der Waals surface area contributed by atoms with Crippen LogP contribution in [0.4, 0.5) is 15.8 Å². The summed E-state index contributed by atoms with van der Waals surface area (Å²) in [6, 6.07) is 10.7. The highest BCUT2D eigenvalue weighted by atomic mass is 32.2. The zero-order valence-electron chi connectivity index (χ0n) is 14.8. The predicted octanol–water partition coefficient (Wildman–Crippen LogP) is 3.02. The summed E-state index contributed by atoms with van der Waals surface area (Å²) < 4.78 is 43.9. The molecule has 0 spiro atoms. The van der Waals surface area contributed by atoms with E-state index in [-0.39, 0.29) is 12.1 Å². The predicted molar refractivity (Wildman–Crippen MR) is 99.4 cm³/mol. The lowest BCUT2D eigenvalue weighted by molar-refractivity contribution is -0.117. The Balaban J connectivity index is 2.34. The molecule has 6 nitrogen and oxygen atoms in total. The first kappa shape index (κ1) is 19.7. The lowest BCUT2D eigenvalue weighted by Gasteiger charge is -2.30. The molecule has 2 rings (SSSR count). The molecule has 0 saturated carbocycles. The number of methoxy groups -OCH3 is 1. The van der Waals surface area contributed by atoms with Crippen LogP contribution in [0.25, 0.3) is 0 Å². The molecule has 26 heavy (non-hydrogen) atoms. The summed E-state index contributed by atoms with van der Waals surface area (Å²) in [6.45, 7) is 1.71. The van der Waals surface area contributed by atoms with Crippen molar-refractivity contribution < 1.29 is 22.3 Å². The Labute approximate surface area is 152 Å². The van der Waals surface area contributed by atoms with Gasteiger partial charge in [-0.05, 0) is 42.8 Å². The van der Waals surface area contributed by atoms with Crippen molar-refractivity contribution in [1.82, 2.24) is 0 Å². The molecular formula is C18H21FN2O4S. The minimum absolute atomic E-state index is 0.224. The van der Waals surface area contributed by atoms with Crippen molar-refractivity contribution in [1.29, 1.82) is 0 Å². The Kier molecular flexibility index (Phi) is 6.20. The summed E-state index contributed by atoms with van der Waals surface area (Å²) in [4.78, 5) is 12.7. The van der Waals surface area contributed by atoms with E-state index in [9.17, 15) is 17.6 Å². The molecule has 0 heterocycles. The van der Waals surface area contributed by atoms with Crippen LogP contribution < -0.4 is 14.4 Å². The van der Waals surface area contributed by atoms with Crippen LogP contribution in [0.2, 0.25) is 0 Å². The van der Waals surface area contributed by atoms with Crippen LogP contribution in [-0.2, 0) is 14.8 Å². The molecule has 0 fully saturated rings. The second-order valence-corrected chi connectivity index (χ2v) is 7.54. The summed E-state index contributed by atoms with van der Waals surface area (Å²) >= 11 is 0. The smallest absolute Gasteiger partial charge is 0.248 e. The number of halogens is 1. The number of hydrogen-bond donors (Lipinski definition) is 1. The van der Waals surface area contributed by atoms with Gasteiger partial charge in [0.15, 0.2) is 0 Å². The number of carbonyl (C=O) groups is 1. The highest BCUT2D eigenvalue weighted by Gasteiger charge is 2.31. The van der Waals surface area contributed by atoms with E-state index in [0.29, 0.717) is 11.4 Å². The van der Waals surface area contributed by atoms with E-state index in [1.807, 2.05) is 0 Å². The maximum absolute atomic E-state index is 13.2. The van der Waals surface area contributed by atoms with E-state index in [1.165, 1.54) is 19.2 Å². The first-order valence-electron chi connectivity index (χ1n) is 7.96. The van der Waals surface area contributed by atoms with Crippen LogP contribution in [0.15, 0.2) is 48.5 Å². The van der Waals surface area contributed by atoms with Crippen LogP contribution in [-0.4, -0.2) is 33.7 Å². The Morgan fingerprint density at radius 2 is 1.88 bits per heavy atom. The molecule has 0 aliphatic rings. The number of hydrogen-bond acceptors (Lipinski definition) is 4. The highest BCUT2D eigenvalue weighted by molar-refractivity contribution is 7.92. The van der Waals surface area contributed by atoms with Crippen LogP contribution in [0.3, 0.4) is 0 Å². The number of amides is 1. The van der Waals surface area contributed by atoms with Gasteiger partial charge in [0.2, 0.25) is 15.9 Å². The number of anilines is 2. The average molecular weight is 380 g/mol. The molecule has 2 aromatic rings. The number of carbonyl (C=O) groups excluding carboxylic acids is 1. The molecule has 140 valence electrons. The third kappa shape index (κ3) is 4.72. The van der Waals surface area contributed by atoms with Gasteiger partial charge in [-0.25, -0.2) is 12.8 Å². The van der Waals surface area contributed by atoms with Crippen LogP contribution >= 0.6 is 0 Å². The molecule has 0 aliphatic heterocycles. The minimum Gasteiger partial charge on any atom is -0.497 e. The summed E-state index contributed by atoms with van der Waals surface area (Å²) in [5, 5.41) is 2.70. The summed E-state index contributed by atoms with van der Waals surface area (Å²) in [5.41, 5.74) is 0.710. The molecular weight excluding hydrogens is 359 g/mol. The van der Waals surface area contributed by atoms with Gasteiger partial charge in [0.25, 0.3) is 0 Å². The molecule has 0 saturated heterocycles. The fraction of sp³-hybridized carbons (Fsp3) is 0.278. The first-order valence-corrected chi connectivity index (χ1v) is 9.81. The molecule has 0 unspecified atom stereocenters. The lowest BCUT2D eigenvalue weighted by atomic mass is 10.1. The standard InChI is InChI=1S/C18H21FN2O4S/c1-4-17(18(22)20-14-6-5-7-16(12-14)25-2)21(26(3,23)24)15-10-8-13(19)9-11-15/h5-12,17H,4H2,1-3H3,(H,20,22)/t17-/m0/s1. The second-order valence-electron chi connectivity index (χ2n) is 5.68. The van der Waals surface area contributed by atoms with E-state index < -0.39 is 27.8 Å². The minimum atomic E-state index is -3.77. The summed E-state index contributed by atoms with van der Waals surface area (Å²) in [5.74, 6) is -0.416. The third-order valence-corrected chi connectivity index (χ3v) is 4.93. The number of nitrogens with one attached hydrogen (secondary N) is 1. The van der Waals surface area contributed by atoms with Crippen molar-refractivity contribution in [2.24, 2.45) is 0 Å². The van der Waals surface area contributed by atoms with Gasteiger partial charge < -0.3 is 10.1 Å². The highest BCUT2D eigenvalue weighted by Crippen LogP contribution is 2.24. The SMILES string of the molecule is CC[C@@H](C(=O)Nc1cccc(OC)c1)N(c1ccc(F)cc1)S(C)(=O)=O. The molecule has 0 radical (unpaired) electrons. The van der Waals surface area contributed by atoms with Gasteiger partial charge in [-0.15, -0.1) is 0 Å². The first-order chi connectivity index (χ1) is 12.3. The molecule has 0 aromatic heterocycles. The zero-order chi connectivity index (χ0) is 19.3. The Bertz CT molecular complexity index is 869. The molecule has 1 N–H and O–H groups in total. The molecule has 1 amide bonds. The zero-order valence-corrected chi connectivity index (χ0v) is 15.6. The average Bonchev–Trinajstić information content (AvgIpc) is 2.59. The quantitative estimate of drug-likeness (QED) is 0.801. The van der Waals surface area contributed by atoms with E-state index >= 15 is 0 Å². The van der Waals surface area contributed by atoms with Gasteiger partial charge >= 0.3 is 0 Å². The van der Waals surface area contributed by atoms with Crippen molar-refractivity contribution in [2.75, 3.05) is 23.0 Å². The lowest BCUT2D eigenvalue weighted by Crippen LogP contribution is -2.47. The van der Waals surface area contributed by atoms with Crippen LogP contribution in [0, 0.1) is 5.82 Å². The fourth-order valence-corrected chi connectivity index (χ4v) is 3.79. The van der Waals surface area contributed by atoms with Crippen LogP contribution in [0.1, 0.15) is 13.3 Å². The van der Waals surface area contributed by atoms with Crippen molar-refractivity contribution in [3.63, 3.8) is 0 Å². The van der Waals surface area contributed by atoms with Gasteiger partial charge in [0.1, 0.15) is 17.6 Å². The Morgan fingerprint density at radius 3 is 2.42 bits per heavy atom. The molecule has 2 aromatic carbocycles. The van der Waals surface area contributed by atoms with Gasteiger partial charge in [0.05, 0.1) is 19.1 Å². The normalized spacial score (nSPS) is 12.3. The van der Waals surface area contributed by atoms with Gasteiger partial charge in [-0.3, -0.25) is 9.10 Å². The van der Waals surface area contributed by atoms with Crippen molar-refractivity contribution >= 4 is 27.3 Å². The fourth-order valence-electron chi connectivity index (χ4n) is 2.57. The van der Waals surface area contributed by atoms with E-state index in [2.05, 4.69) is 5.32 Å². The van der Waals surface area contributed by atoms with Crippen molar-refractivity contribution in [3.8, 4) is 5.75 Å². The maximum atomic E-state index is 13.2. The Morgan fingerprint density at radius 1 is 1.23 bits per heavy atom. The van der Waals surface area contributed by atoms with E-state index in [0.717, 1.165) is 22.7 Å². The molecule has 1 atom stereocenters. The van der Waals surface area contributed by atoms with Gasteiger partial charge in [0, 0.05) is 11.8 Å². The monoisotopic (exact) mass is 380 g/mol. The largest absolute Gasteiger partial charge is 0.497 e. The molecule has 8 heteroatoms. The molecule has 0 aliphatic carbocycles. The molecule has 0 bridgehead atoms. The van der Waals surface area contributed by atoms with Gasteiger partial charge in [-0.2, -0.15) is 0 Å². The number of ether oxygens (including phenoxy) is 1. The maximum Gasteiger partial charge on any atom is 0.248 e. The number of nitrogens with zero attached hydrogens (tertiary/aromatic N) is 1. The number of benzene rings is 2. The Hall–Kier alpha value is -2.61. The van der Waals surface area contributed by atoms with Crippen molar-refractivity contribution in [2.45, 2.75) is 19.4 Å². The number of sulfonamides is 1. The van der Waals surface area contributed by atoms with E-state index in [1.54, 1.807) is 31.2 Å². The van der Waals surface area contributed by atoms with E-state index in [4.69, 9.17) is 4.74 Å². The number of rotatable bonds is 7. The van der Waals surface area contributed by atoms with Gasteiger partial charge in [-0.1, -0.05) is 13.0 Å². The summed E-state index contributed by atoms with van der Waals surface area (Å²) in [6.07, 6.45) is 1.25. The summed E-state index contributed by atoms with van der Waals surface area (Å²) in [7, 11) is -2.26. The third-order valence-electron chi connectivity index (χ3n) is 3.75. The van der Waals surface area contributed by atoms with Crippen molar-refractivity contribution in [3.05, 3.63) is 54.3 Å². The van der Waals surface area contributed by atoms with Crippen LogP contribution in [0.5, 0.6) is 5.75 Å².